The summed E-state index contributed by atoms with van der Waals surface area (Å²) in [6.07, 6.45) is 2.92. The van der Waals surface area contributed by atoms with Gasteiger partial charge in [0, 0.05) is 34.6 Å². The van der Waals surface area contributed by atoms with Gasteiger partial charge in [-0.15, -0.1) is 0 Å². The van der Waals surface area contributed by atoms with Crippen LogP contribution in [0.25, 0.3) is 22.0 Å². The van der Waals surface area contributed by atoms with Crippen LogP contribution in [-0.4, -0.2) is 42.3 Å². The highest BCUT2D eigenvalue weighted by Gasteiger charge is 2.31. The molecule has 11 heteroatoms. The third kappa shape index (κ3) is 4.12. The van der Waals surface area contributed by atoms with E-state index in [1.165, 1.54) is 50.9 Å². The first-order chi connectivity index (χ1) is 18.7. The molecule has 198 valence electrons. The molecular weight excluding hydrogens is 522 g/mol. The van der Waals surface area contributed by atoms with Crippen molar-refractivity contribution in [3.8, 4) is 22.6 Å². The Balaban J connectivity index is 1.73. The van der Waals surface area contributed by atoms with Crippen molar-refractivity contribution in [2.75, 3.05) is 14.2 Å². The third-order valence-corrected chi connectivity index (χ3v) is 8.37. The monoisotopic (exact) mass is 545 g/mol. The molecular formula is C28H23N3O7S. The molecule has 0 spiro atoms. The molecule has 0 saturated heterocycles. The summed E-state index contributed by atoms with van der Waals surface area (Å²) >= 11 is 0. The molecule has 5 rings (SSSR count). The molecule has 2 heterocycles. The second-order valence-electron chi connectivity index (χ2n) is 8.65. The fourth-order valence-electron chi connectivity index (χ4n) is 4.78. The number of H-pyrrole nitrogens is 1. The first-order valence-electron chi connectivity index (χ1n) is 11.7. The number of para-hydroxylation sites is 1. The van der Waals surface area contributed by atoms with E-state index in [2.05, 4.69) is 4.98 Å². The van der Waals surface area contributed by atoms with Gasteiger partial charge in [-0.3, -0.25) is 14.9 Å². The van der Waals surface area contributed by atoms with E-state index in [1.807, 2.05) is 0 Å². The van der Waals surface area contributed by atoms with E-state index < -0.39 is 20.7 Å². The number of carbonyl (C=O) groups is 1. The van der Waals surface area contributed by atoms with Crippen LogP contribution in [0.4, 0.5) is 5.69 Å². The largest absolute Gasteiger partial charge is 0.493 e. The number of hydrogen-bond acceptors (Lipinski definition) is 7. The van der Waals surface area contributed by atoms with E-state index in [4.69, 9.17) is 9.47 Å². The SMILES string of the molecule is COc1cc(-c2c[nH]cc2C(=O)c2c(C)n(S(=O)(=O)c3ccccc3)c3ccccc23)c([N+](=O)[O-])cc1OC. The summed E-state index contributed by atoms with van der Waals surface area (Å²) in [5.74, 6) is -0.0770. The molecule has 0 aliphatic heterocycles. The molecule has 5 aromatic rings. The highest BCUT2D eigenvalue weighted by Crippen LogP contribution is 2.42. The second-order valence-corrected chi connectivity index (χ2v) is 10.4. The summed E-state index contributed by atoms with van der Waals surface area (Å²) in [4.78, 5) is 28.5. The van der Waals surface area contributed by atoms with Crippen LogP contribution in [0.15, 0.2) is 84.0 Å². The van der Waals surface area contributed by atoms with E-state index in [0.717, 1.165) is 3.97 Å². The fourth-order valence-corrected chi connectivity index (χ4v) is 6.36. The van der Waals surface area contributed by atoms with Gasteiger partial charge in [-0.05, 0) is 31.2 Å². The molecule has 0 atom stereocenters. The highest BCUT2D eigenvalue weighted by atomic mass is 32.2. The van der Waals surface area contributed by atoms with Gasteiger partial charge in [0.25, 0.3) is 15.7 Å². The molecule has 2 aromatic heterocycles. The summed E-state index contributed by atoms with van der Waals surface area (Å²) in [6.45, 7) is 1.57. The van der Waals surface area contributed by atoms with Crippen molar-refractivity contribution in [3.05, 3.63) is 106 Å². The number of hydrogen-bond donors (Lipinski definition) is 1. The van der Waals surface area contributed by atoms with Crippen LogP contribution in [0.5, 0.6) is 11.5 Å². The van der Waals surface area contributed by atoms with Crippen molar-refractivity contribution in [2.45, 2.75) is 11.8 Å². The smallest absolute Gasteiger partial charge is 0.281 e. The summed E-state index contributed by atoms with van der Waals surface area (Å²) in [6, 6.07) is 17.4. The van der Waals surface area contributed by atoms with Crippen molar-refractivity contribution in [3.63, 3.8) is 0 Å². The summed E-state index contributed by atoms with van der Waals surface area (Å²) in [7, 11) is -1.26. The molecule has 0 aliphatic carbocycles. The van der Waals surface area contributed by atoms with Gasteiger partial charge in [-0.2, -0.15) is 0 Å². The number of ether oxygens (including phenoxy) is 2. The minimum Gasteiger partial charge on any atom is -0.493 e. The summed E-state index contributed by atoms with van der Waals surface area (Å²) in [5, 5.41) is 12.4. The van der Waals surface area contributed by atoms with Crippen LogP contribution in [0.2, 0.25) is 0 Å². The van der Waals surface area contributed by atoms with Gasteiger partial charge in [0.2, 0.25) is 0 Å². The van der Waals surface area contributed by atoms with Crippen LogP contribution >= 0.6 is 0 Å². The lowest BCUT2D eigenvalue weighted by atomic mass is 9.95. The number of nitrogens with zero attached hydrogens (tertiary/aromatic N) is 2. The molecule has 0 fully saturated rings. The zero-order chi connectivity index (χ0) is 27.9. The Kier molecular flexibility index (Phi) is 6.44. The Hall–Kier alpha value is -4.90. The Morgan fingerprint density at radius 1 is 0.923 bits per heavy atom. The van der Waals surface area contributed by atoms with Gasteiger partial charge in [0.05, 0.1) is 46.7 Å². The molecule has 0 amide bonds. The summed E-state index contributed by atoms with van der Waals surface area (Å²) in [5.41, 5.74) is 0.986. The van der Waals surface area contributed by atoms with Gasteiger partial charge in [0.1, 0.15) is 0 Å². The maximum Gasteiger partial charge on any atom is 0.281 e. The van der Waals surface area contributed by atoms with E-state index in [9.17, 15) is 23.3 Å². The second kappa shape index (κ2) is 9.76. The number of ketones is 1. The van der Waals surface area contributed by atoms with Crippen LogP contribution in [0, 0.1) is 17.0 Å². The molecule has 10 nitrogen and oxygen atoms in total. The maximum absolute atomic E-state index is 14.1. The number of nitrogens with one attached hydrogen (secondary N) is 1. The van der Waals surface area contributed by atoms with E-state index in [0.29, 0.717) is 10.9 Å². The minimum absolute atomic E-state index is 0.0798. The number of fused-ring (bicyclic) bond motifs is 1. The van der Waals surface area contributed by atoms with Gasteiger partial charge < -0.3 is 14.5 Å². The third-order valence-electron chi connectivity index (χ3n) is 6.55. The lowest BCUT2D eigenvalue weighted by Gasteiger charge is -2.12. The van der Waals surface area contributed by atoms with Crippen molar-refractivity contribution in [2.24, 2.45) is 0 Å². The fraction of sp³-hybridized carbons (Fsp3) is 0.107. The quantitative estimate of drug-likeness (QED) is 0.158. The van der Waals surface area contributed by atoms with Crippen molar-refractivity contribution < 1.29 is 27.6 Å². The molecule has 0 unspecified atom stereocenters. The number of benzene rings is 3. The van der Waals surface area contributed by atoms with E-state index in [-0.39, 0.29) is 50.0 Å². The number of rotatable bonds is 8. The lowest BCUT2D eigenvalue weighted by molar-refractivity contribution is -0.384. The minimum atomic E-state index is -4.04. The van der Waals surface area contributed by atoms with E-state index >= 15 is 0 Å². The zero-order valence-corrected chi connectivity index (χ0v) is 22.0. The highest BCUT2D eigenvalue weighted by molar-refractivity contribution is 7.90. The molecule has 0 radical (unpaired) electrons. The van der Waals surface area contributed by atoms with Crippen molar-refractivity contribution in [1.82, 2.24) is 8.96 Å². The van der Waals surface area contributed by atoms with Crippen LogP contribution in [-0.2, 0) is 10.0 Å². The van der Waals surface area contributed by atoms with Crippen LogP contribution in [0.3, 0.4) is 0 Å². The maximum atomic E-state index is 14.1. The normalized spacial score (nSPS) is 11.5. The molecule has 3 aromatic carbocycles. The number of nitro benzene ring substituents is 1. The molecule has 0 bridgehead atoms. The standard InChI is InChI=1S/C28H23N3O7S/c1-17-27(19-11-7-8-12-23(19)30(17)39(35,36)18-9-5-4-6-10-18)28(32)22-16-29-15-21(22)20-13-25(37-2)26(38-3)14-24(20)31(33)34/h4-16,29H,1-3H3. The number of aromatic amines is 1. The average molecular weight is 546 g/mol. The number of nitro groups is 1. The molecule has 0 aliphatic rings. The molecule has 0 saturated carbocycles. The predicted molar refractivity (Wildman–Crippen MR) is 145 cm³/mol. The van der Waals surface area contributed by atoms with Gasteiger partial charge in [0.15, 0.2) is 17.3 Å². The molecule has 1 N–H and O–H groups in total. The Labute approximate surface area is 223 Å². The average Bonchev–Trinajstić information content (AvgIpc) is 3.55. The number of carbonyl (C=O) groups excluding carboxylic acids is 1. The van der Waals surface area contributed by atoms with Crippen LogP contribution < -0.4 is 9.47 Å². The Morgan fingerprint density at radius 3 is 2.23 bits per heavy atom. The summed E-state index contributed by atoms with van der Waals surface area (Å²) < 4.78 is 39.1. The van der Waals surface area contributed by atoms with Crippen molar-refractivity contribution in [1.29, 1.82) is 0 Å². The van der Waals surface area contributed by atoms with Gasteiger partial charge >= 0.3 is 0 Å². The Bertz CT molecular complexity index is 1860. The number of methoxy groups -OCH3 is 2. The first kappa shape index (κ1) is 25.7. The van der Waals surface area contributed by atoms with E-state index in [1.54, 1.807) is 49.4 Å². The predicted octanol–water partition coefficient (Wildman–Crippen LogP) is 5.34. The first-order valence-corrected chi connectivity index (χ1v) is 13.2. The Morgan fingerprint density at radius 2 is 1.56 bits per heavy atom. The van der Waals surface area contributed by atoms with Gasteiger partial charge in [-0.1, -0.05) is 36.4 Å². The number of aromatic nitrogens is 2. The molecule has 39 heavy (non-hydrogen) atoms. The zero-order valence-electron chi connectivity index (χ0n) is 21.2. The van der Waals surface area contributed by atoms with Crippen molar-refractivity contribution >= 4 is 32.4 Å². The van der Waals surface area contributed by atoms with Gasteiger partial charge in [-0.25, -0.2) is 12.4 Å². The topological polar surface area (TPSA) is 134 Å². The lowest BCUT2D eigenvalue weighted by Crippen LogP contribution is -2.15. The van der Waals surface area contributed by atoms with Crippen LogP contribution in [0.1, 0.15) is 21.6 Å².